The minimum Gasteiger partial charge on any atom is -0.288 e. The molecular formula is C11H4BrF4NOS. The number of alkyl halides is 3. The SMILES string of the molecule is O=C(c1cnc(C(F)(F)F)s1)c1ccc(Br)cc1F. The molecule has 0 saturated heterocycles. The first kappa shape index (κ1) is 14.1. The summed E-state index contributed by atoms with van der Waals surface area (Å²) in [6, 6.07) is 3.70. The molecule has 19 heavy (non-hydrogen) atoms. The highest BCUT2D eigenvalue weighted by atomic mass is 79.9. The van der Waals surface area contributed by atoms with Crippen molar-refractivity contribution in [2.24, 2.45) is 0 Å². The molecule has 2 aromatic rings. The van der Waals surface area contributed by atoms with Crippen LogP contribution in [-0.4, -0.2) is 10.8 Å². The largest absolute Gasteiger partial charge is 0.443 e. The van der Waals surface area contributed by atoms with Crippen molar-refractivity contribution in [3.05, 3.63) is 50.1 Å². The highest BCUT2D eigenvalue weighted by Gasteiger charge is 2.35. The number of hydrogen-bond acceptors (Lipinski definition) is 3. The van der Waals surface area contributed by atoms with Crippen molar-refractivity contribution in [3.8, 4) is 0 Å². The van der Waals surface area contributed by atoms with Crippen LogP contribution in [0.4, 0.5) is 17.6 Å². The average Bonchev–Trinajstić information content (AvgIpc) is 2.76. The number of ketones is 1. The molecule has 0 aliphatic heterocycles. The Morgan fingerprint density at radius 2 is 2.00 bits per heavy atom. The van der Waals surface area contributed by atoms with E-state index in [0.29, 0.717) is 4.47 Å². The number of carbonyl (C=O) groups excluding carboxylic acids is 1. The second-order valence-electron chi connectivity index (χ2n) is 3.48. The smallest absolute Gasteiger partial charge is 0.288 e. The molecule has 0 N–H and O–H groups in total. The fraction of sp³-hybridized carbons (Fsp3) is 0.0909. The summed E-state index contributed by atoms with van der Waals surface area (Å²) in [5.41, 5.74) is -0.291. The van der Waals surface area contributed by atoms with Gasteiger partial charge in [-0.05, 0) is 18.2 Å². The Morgan fingerprint density at radius 1 is 1.32 bits per heavy atom. The Bertz CT molecular complexity index is 638. The monoisotopic (exact) mass is 353 g/mol. The molecule has 0 bridgehead atoms. The molecule has 100 valence electrons. The number of benzene rings is 1. The van der Waals surface area contributed by atoms with Gasteiger partial charge in [-0.15, -0.1) is 11.3 Å². The third-order valence-corrected chi connectivity index (χ3v) is 3.68. The summed E-state index contributed by atoms with van der Waals surface area (Å²) in [6.07, 6.45) is -3.81. The molecule has 1 heterocycles. The minimum absolute atomic E-state index is 0.192. The minimum atomic E-state index is -4.61. The first-order chi connectivity index (χ1) is 8.79. The summed E-state index contributed by atoms with van der Waals surface area (Å²) in [5.74, 6) is -1.63. The Kier molecular flexibility index (Phi) is 3.73. The van der Waals surface area contributed by atoms with Crippen LogP contribution in [0.3, 0.4) is 0 Å². The lowest BCUT2D eigenvalue weighted by Gasteiger charge is -2.01. The molecule has 8 heteroatoms. The Morgan fingerprint density at radius 3 is 2.53 bits per heavy atom. The molecule has 0 saturated carbocycles. The van der Waals surface area contributed by atoms with Crippen molar-refractivity contribution >= 4 is 33.0 Å². The van der Waals surface area contributed by atoms with E-state index in [4.69, 9.17) is 0 Å². The zero-order valence-corrected chi connectivity index (χ0v) is 11.4. The summed E-state index contributed by atoms with van der Waals surface area (Å²) in [5, 5.41) is -1.13. The third kappa shape index (κ3) is 3.01. The van der Waals surface area contributed by atoms with Gasteiger partial charge in [0.05, 0.1) is 10.4 Å². The number of carbonyl (C=O) groups is 1. The second kappa shape index (κ2) is 5.01. The number of hydrogen-bond donors (Lipinski definition) is 0. The van der Waals surface area contributed by atoms with Gasteiger partial charge in [-0.1, -0.05) is 15.9 Å². The van der Waals surface area contributed by atoms with Crippen LogP contribution in [0.5, 0.6) is 0 Å². The van der Waals surface area contributed by atoms with E-state index in [2.05, 4.69) is 20.9 Å². The maximum absolute atomic E-state index is 13.5. The molecule has 2 nitrogen and oxygen atoms in total. The molecule has 1 aromatic heterocycles. The topological polar surface area (TPSA) is 30.0 Å². The lowest BCUT2D eigenvalue weighted by molar-refractivity contribution is -0.137. The quantitative estimate of drug-likeness (QED) is 0.595. The summed E-state index contributed by atoms with van der Waals surface area (Å²) in [7, 11) is 0. The predicted molar refractivity (Wildman–Crippen MR) is 64.6 cm³/mol. The fourth-order valence-electron chi connectivity index (χ4n) is 1.32. The normalized spacial score (nSPS) is 11.6. The molecule has 0 spiro atoms. The average molecular weight is 354 g/mol. The van der Waals surface area contributed by atoms with Crippen LogP contribution in [0.15, 0.2) is 28.9 Å². The highest BCUT2D eigenvalue weighted by molar-refractivity contribution is 9.10. The maximum Gasteiger partial charge on any atom is 0.443 e. The van der Waals surface area contributed by atoms with E-state index in [1.807, 2.05) is 0 Å². The van der Waals surface area contributed by atoms with Crippen LogP contribution in [0, 0.1) is 5.82 Å². The van der Waals surface area contributed by atoms with Gasteiger partial charge in [-0.25, -0.2) is 9.37 Å². The molecule has 0 aliphatic rings. The highest BCUT2D eigenvalue weighted by Crippen LogP contribution is 2.33. The lowest BCUT2D eigenvalue weighted by Crippen LogP contribution is -2.03. The molecule has 0 fully saturated rings. The van der Waals surface area contributed by atoms with Gasteiger partial charge in [-0.2, -0.15) is 13.2 Å². The van der Waals surface area contributed by atoms with Crippen LogP contribution < -0.4 is 0 Å². The third-order valence-electron chi connectivity index (χ3n) is 2.15. The van der Waals surface area contributed by atoms with Crippen LogP contribution in [0.2, 0.25) is 0 Å². The molecule has 0 unspecified atom stereocenters. The van der Waals surface area contributed by atoms with Crippen molar-refractivity contribution in [2.75, 3.05) is 0 Å². The van der Waals surface area contributed by atoms with Crippen molar-refractivity contribution in [1.82, 2.24) is 4.98 Å². The molecule has 0 radical (unpaired) electrons. The predicted octanol–water partition coefficient (Wildman–Crippen LogP) is 4.29. The number of rotatable bonds is 2. The molecule has 0 aliphatic carbocycles. The molecular weight excluding hydrogens is 350 g/mol. The number of aromatic nitrogens is 1. The molecule has 2 rings (SSSR count). The van der Waals surface area contributed by atoms with Gasteiger partial charge < -0.3 is 0 Å². The number of thiazole rings is 1. The van der Waals surface area contributed by atoms with Gasteiger partial charge in [0.1, 0.15) is 5.82 Å². The second-order valence-corrected chi connectivity index (χ2v) is 5.43. The van der Waals surface area contributed by atoms with Gasteiger partial charge in [0.15, 0.2) is 5.01 Å². The van der Waals surface area contributed by atoms with E-state index in [0.717, 1.165) is 12.3 Å². The van der Waals surface area contributed by atoms with Gasteiger partial charge >= 0.3 is 6.18 Å². The Balaban J connectivity index is 2.37. The van der Waals surface area contributed by atoms with E-state index < -0.39 is 22.8 Å². The van der Waals surface area contributed by atoms with Gasteiger partial charge in [0.2, 0.25) is 5.78 Å². The standard InChI is InChI=1S/C11H4BrF4NOS/c12-5-1-2-6(7(13)3-5)9(18)8-4-17-10(19-8)11(14,15)16/h1-4H. The summed E-state index contributed by atoms with van der Waals surface area (Å²) in [6.45, 7) is 0. The van der Waals surface area contributed by atoms with Crippen LogP contribution in [0.1, 0.15) is 20.2 Å². The zero-order valence-electron chi connectivity index (χ0n) is 8.96. The van der Waals surface area contributed by atoms with Gasteiger partial charge in [-0.3, -0.25) is 4.79 Å². The van der Waals surface area contributed by atoms with Gasteiger partial charge in [0.25, 0.3) is 0 Å². The molecule has 0 amide bonds. The molecule has 0 atom stereocenters. The summed E-state index contributed by atoms with van der Waals surface area (Å²) >= 11 is 3.21. The van der Waals surface area contributed by atoms with Gasteiger partial charge in [0, 0.05) is 10.7 Å². The summed E-state index contributed by atoms with van der Waals surface area (Å²) in [4.78, 5) is 14.7. The van der Waals surface area contributed by atoms with Crippen molar-refractivity contribution in [2.45, 2.75) is 6.18 Å². The summed E-state index contributed by atoms with van der Waals surface area (Å²) < 4.78 is 51.0. The lowest BCUT2D eigenvalue weighted by atomic mass is 10.1. The first-order valence-corrected chi connectivity index (χ1v) is 6.43. The van der Waals surface area contributed by atoms with E-state index in [-0.39, 0.29) is 21.8 Å². The fourth-order valence-corrected chi connectivity index (χ4v) is 2.39. The van der Waals surface area contributed by atoms with E-state index >= 15 is 0 Å². The maximum atomic E-state index is 13.5. The number of nitrogens with zero attached hydrogens (tertiary/aromatic N) is 1. The zero-order chi connectivity index (χ0) is 14.2. The van der Waals surface area contributed by atoms with E-state index in [1.54, 1.807) is 0 Å². The van der Waals surface area contributed by atoms with Crippen molar-refractivity contribution in [3.63, 3.8) is 0 Å². The van der Waals surface area contributed by atoms with E-state index in [1.165, 1.54) is 12.1 Å². The first-order valence-electron chi connectivity index (χ1n) is 4.82. The number of halogens is 5. The molecule has 1 aromatic carbocycles. The Labute approximate surface area is 117 Å². The van der Waals surface area contributed by atoms with Crippen molar-refractivity contribution < 1.29 is 22.4 Å². The van der Waals surface area contributed by atoms with Crippen LogP contribution in [-0.2, 0) is 6.18 Å². The van der Waals surface area contributed by atoms with Crippen LogP contribution in [0.25, 0.3) is 0 Å². The Hall–Kier alpha value is -1.28. The van der Waals surface area contributed by atoms with Crippen molar-refractivity contribution in [1.29, 1.82) is 0 Å². The van der Waals surface area contributed by atoms with Crippen LogP contribution >= 0.6 is 27.3 Å². The van der Waals surface area contributed by atoms with E-state index in [9.17, 15) is 22.4 Å².